The summed E-state index contributed by atoms with van der Waals surface area (Å²) in [5, 5.41) is 1.23. The second-order valence-electron chi connectivity index (χ2n) is 9.76. The van der Waals surface area contributed by atoms with Gasteiger partial charge in [-0.2, -0.15) is 0 Å². The second kappa shape index (κ2) is 8.68. The number of ether oxygens (including phenoxy) is 2. The van der Waals surface area contributed by atoms with Crippen LogP contribution in [0.4, 0.5) is 0 Å². The lowest BCUT2D eigenvalue weighted by Crippen LogP contribution is -2.51. The molecule has 0 unspecified atom stereocenters. The lowest BCUT2D eigenvalue weighted by Gasteiger charge is -2.53. The van der Waals surface area contributed by atoms with Crippen molar-refractivity contribution in [2.75, 3.05) is 26.3 Å². The van der Waals surface area contributed by atoms with Crippen LogP contribution in [-0.4, -0.2) is 47.7 Å². The van der Waals surface area contributed by atoms with E-state index in [9.17, 15) is 9.59 Å². The Morgan fingerprint density at radius 3 is 2.51 bits per heavy atom. The molecule has 6 rings (SSSR count). The maximum atomic E-state index is 13.5. The fraction of sp³-hybridized carbons (Fsp3) is 0.379. The van der Waals surface area contributed by atoms with Gasteiger partial charge in [0.25, 0.3) is 0 Å². The van der Waals surface area contributed by atoms with Gasteiger partial charge < -0.3 is 14.0 Å². The Hall–Kier alpha value is -3.38. The van der Waals surface area contributed by atoms with Crippen LogP contribution in [-0.2, 0) is 20.7 Å². The maximum Gasteiger partial charge on any atom is 0.355 e. The smallest absolute Gasteiger partial charge is 0.355 e. The third-order valence-electron chi connectivity index (χ3n) is 8.02. The van der Waals surface area contributed by atoms with Crippen molar-refractivity contribution in [3.63, 3.8) is 0 Å². The predicted molar refractivity (Wildman–Crippen MR) is 134 cm³/mol. The Kier molecular flexibility index (Phi) is 5.49. The van der Waals surface area contributed by atoms with E-state index in [1.165, 1.54) is 16.6 Å². The first-order chi connectivity index (χ1) is 17.1. The molecule has 0 spiro atoms. The summed E-state index contributed by atoms with van der Waals surface area (Å²) in [6.45, 7) is 4.44. The van der Waals surface area contributed by atoms with Crippen molar-refractivity contribution in [1.82, 2.24) is 9.47 Å². The molecule has 1 aromatic heterocycles. The molecule has 0 saturated carbocycles. The molecule has 4 heterocycles. The fourth-order valence-corrected chi connectivity index (χ4v) is 6.43. The van der Waals surface area contributed by atoms with Crippen LogP contribution < -0.4 is 0 Å². The number of carbonyl (C=O) groups is 2. The molecule has 3 aromatic rings. The normalized spacial score (nSPS) is 22.9. The van der Waals surface area contributed by atoms with E-state index in [4.69, 9.17) is 9.47 Å². The molecule has 2 atom stereocenters. The molecule has 3 aliphatic rings. The van der Waals surface area contributed by atoms with Crippen LogP contribution in [0.15, 0.2) is 60.7 Å². The number of hydrogen-bond donors (Lipinski definition) is 0. The first-order valence-electron chi connectivity index (χ1n) is 12.6. The quantitative estimate of drug-likeness (QED) is 0.375. The van der Waals surface area contributed by atoms with Crippen LogP contribution in [0.1, 0.15) is 53.8 Å². The van der Waals surface area contributed by atoms with Crippen molar-refractivity contribution < 1.29 is 19.1 Å². The van der Waals surface area contributed by atoms with E-state index in [2.05, 4.69) is 40.7 Å². The summed E-state index contributed by atoms with van der Waals surface area (Å²) in [7, 11) is 0. The topological polar surface area (TPSA) is 60.8 Å². The number of aromatic nitrogens is 1. The standard InChI is InChI=1S/C29H30N2O4/c1-2-29-14-8-15-30-16-13-22-21-11-6-7-12-23(21)31(25(22)26(29)30)24(19-29)28(33)35-18-17-34-27(32)20-9-4-3-5-10-20/h3-7,9-12,19,26H,2,8,13-18H2,1H3/t26-,29-/m1/s1. The van der Waals surface area contributed by atoms with Crippen molar-refractivity contribution in [2.24, 2.45) is 5.41 Å². The van der Waals surface area contributed by atoms with Gasteiger partial charge in [0.2, 0.25) is 0 Å². The molecule has 180 valence electrons. The number of para-hydroxylation sites is 1. The molecule has 0 amide bonds. The van der Waals surface area contributed by atoms with Gasteiger partial charge in [0.15, 0.2) is 0 Å². The average Bonchev–Trinajstić information content (AvgIpc) is 3.25. The summed E-state index contributed by atoms with van der Waals surface area (Å²) in [6, 6.07) is 17.5. The Morgan fingerprint density at radius 2 is 1.71 bits per heavy atom. The predicted octanol–water partition coefficient (Wildman–Crippen LogP) is 4.99. The van der Waals surface area contributed by atoms with Gasteiger partial charge in [-0.05, 0) is 62.1 Å². The lowest BCUT2D eigenvalue weighted by molar-refractivity contribution is -0.138. The molecule has 0 radical (unpaired) electrons. The van der Waals surface area contributed by atoms with Gasteiger partial charge in [-0.25, -0.2) is 9.59 Å². The average molecular weight is 471 g/mol. The summed E-state index contributed by atoms with van der Waals surface area (Å²) < 4.78 is 13.1. The minimum absolute atomic E-state index is 0.0187. The van der Waals surface area contributed by atoms with Crippen molar-refractivity contribution in [3.05, 3.63) is 77.5 Å². The number of benzene rings is 2. The molecule has 0 N–H and O–H groups in total. The number of hydrogen-bond acceptors (Lipinski definition) is 5. The zero-order valence-electron chi connectivity index (χ0n) is 20.0. The third kappa shape index (κ3) is 3.50. The Labute approximate surface area is 205 Å². The highest BCUT2D eigenvalue weighted by atomic mass is 16.6. The summed E-state index contributed by atoms with van der Waals surface area (Å²) in [5.74, 6) is -0.780. The van der Waals surface area contributed by atoms with Crippen LogP contribution in [0, 0.1) is 5.41 Å². The van der Waals surface area contributed by atoms with E-state index >= 15 is 0 Å². The first-order valence-corrected chi connectivity index (χ1v) is 12.6. The minimum Gasteiger partial charge on any atom is -0.458 e. The van der Waals surface area contributed by atoms with Gasteiger partial charge >= 0.3 is 11.9 Å². The highest BCUT2D eigenvalue weighted by Crippen LogP contribution is 2.57. The zero-order valence-corrected chi connectivity index (χ0v) is 20.0. The van der Waals surface area contributed by atoms with E-state index in [-0.39, 0.29) is 24.6 Å². The van der Waals surface area contributed by atoms with Gasteiger partial charge in [0.05, 0.1) is 17.1 Å². The largest absolute Gasteiger partial charge is 0.458 e. The Balaban J connectivity index is 1.30. The summed E-state index contributed by atoms with van der Waals surface area (Å²) in [4.78, 5) is 28.3. The van der Waals surface area contributed by atoms with E-state index in [0.717, 1.165) is 44.3 Å². The number of carbonyl (C=O) groups excluding carboxylic acids is 2. The molecule has 0 aliphatic carbocycles. The Morgan fingerprint density at radius 1 is 0.971 bits per heavy atom. The van der Waals surface area contributed by atoms with Gasteiger partial charge in [-0.15, -0.1) is 0 Å². The van der Waals surface area contributed by atoms with Gasteiger partial charge in [0.1, 0.15) is 18.9 Å². The highest BCUT2D eigenvalue weighted by molar-refractivity contribution is 6.13. The van der Waals surface area contributed by atoms with Gasteiger partial charge in [-0.3, -0.25) is 4.90 Å². The lowest BCUT2D eigenvalue weighted by atomic mass is 9.66. The number of rotatable bonds is 6. The van der Waals surface area contributed by atoms with Crippen molar-refractivity contribution in [2.45, 2.75) is 38.6 Å². The van der Waals surface area contributed by atoms with Crippen LogP contribution >= 0.6 is 0 Å². The molecule has 1 fully saturated rings. The van der Waals surface area contributed by atoms with Crippen molar-refractivity contribution in [3.8, 4) is 0 Å². The minimum atomic E-state index is -0.418. The van der Waals surface area contributed by atoms with Crippen molar-refractivity contribution >= 4 is 28.5 Å². The molecule has 1 saturated heterocycles. The van der Waals surface area contributed by atoms with Crippen LogP contribution in [0.3, 0.4) is 0 Å². The van der Waals surface area contributed by atoms with Gasteiger partial charge in [-0.1, -0.05) is 43.3 Å². The molecule has 35 heavy (non-hydrogen) atoms. The molecule has 6 heteroatoms. The monoisotopic (exact) mass is 470 g/mol. The zero-order chi connectivity index (χ0) is 24.0. The van der Waals surface area contributed by atoms with Crippen molar-refractivity contribution in [1.29, 1.82) is 0 Å². The molecular weight excluding hydrogens is 440 g/mol. The van der Waals surface area contributed by atoms with E-state index in [1.54, 1.807) is 24.3 Å². The van der Waals surface area contributed by atoms with Crippen LogP contribution in [0.2, 0.25) is 0 Å². The molecule has 2 aromatic carbocycles. The molecular formula is C29H30N2O4. The third-order valence-corrected chi connectivity index (χ3v) is 8.02. The maximum absolute atomic E-state index is 13.5. The fourth-order valence-electron chi connectivity index (χ4n) is 6.43. The van der Waals surface area contributed by atoms with E-state index in [0.29, 0.717) is 17.3 Å². The van der Waals surface area contributed by atoms with Gasteiger partial charge in [0, 0.05) is 23.0 Å². The summed E-state index contributed by atoms with van der Waals surface area (Å²) >= 11 is 0. The number of esters is 2. The first kappa shape index (κ1) is 22.1. The number of fused-ring (bicyclic) bond motifs is 3. The van der Waals surface area contributed by atoms with E-state index in [1.807, 2.05) is 12.1 Å². The van der Waals surface area contributed by atoms with E-state index < -0.39 is 5.97 Å². The molecule has 3 aliphatic heterocycles. The molecule has 6 nitrogen and oxygen atoms in total. The summed E-state index contributed by atoms with van der Waals surface area (Å²) in [5.41, 5.74) is 4.70. The number of piperidine rings is 1. The highest BCUT2D eigenvalue weighted by Gasteiger charge is 2.51. The SMILES string of the molecule is CC[C@]12C=C(C(=O)OCCOC(=O)c3ccccc3)n3c4c(c5ccccc53)CCN(CCC1)[C@H]42. The Bertz CT molecular complexity index is 1330. The van der Waals surface area contributed by atoms with Crippen LogP contribution in [0.25, 0.3) is 16.6 Å². The molecule has 0 bridgehead atoms. The number of nitrogens with zero attached hydrogens (tertiary/aromatic N) is 2. The summed E-state index contributed by atoms with van der Waals surface area (Å²) in [6.07, 6.45) is 6.36. The van der Waals surface area contributed by atoms with Crippen LogP contribution in [0.5, 0.6) is 0 Å². The second-order valence-corrected chi connectivity index (χ2v) is 9.76.